The van der Waals surface area contributed by atoms with E-state index in [0.29, 0.717) is 6.54 Å². The maximum atomic E-state index is 11.9. The van der Waals surface area contributed by atoms with Crippen LogP contribution >= 0.6 is 0 Å². The van der Waals surface area contributed by atoms with E-state index < -0.39 is 16.3 Å². The van der Waals surface area contributed by atoms with Crippen LogP contribution in [-0.4, -0.2) is 45.6 Å². The molecule has 1 heterocycles. The van der Waals surface area contributed by atoms with Crippen LogP contribution in [0.15, 0.2) is 29.2 Å². The van der Waals surface area contributed by atoms with E-state index in [1.54, 1.807) is 12.1 Å². The van der Waals surface area contributed by atoms with Gasteiger partial charge in [-0.05, 0) is 19.1 Å². The summed E-state index contributed by atoms with van der Waals surface area (Å²) in [6, 6.07) is 6.44. The summed E-state index contributed by atoms with van der Waals surface area (Å²) in [4.78, 5) is 0.127. The van der Waals surface area contributed by atoms with Gasteiger partial charge in [-0.3, -0.25) is 9.50 Å². The van der Waals surface area contributed by atoms with Gasteiger partial charge in [0.05, 0.1) is 24.2 Å². The maximum Gasteiger partial charge on any atom is 0.297 e. The topological polar surface area (TPSA) is 84.9 Å². The van der Waals surface area contributed by atoms with E-state index in [-0.39, 0.29) is 24.2 Å². The molecule has 2 rings (SSSR count). The second-order valence-corrected chi connectivity index (χ2v) is 6.05. The van der Waals surface area contributed by atoms with E-state index in [1.807, 2.05) is 6.92 Å². The zero-order valence-corrected chi connectivity index (χ0v) is 11.4. The van der Waals surface area contributed by atoms with Crippen LogP contribution in [0, 0.1) is 6.92 Å². The zero-order valence-electron chi connectivity index (χ0n) is 10.6. The molecule has 0 aliphatic carbocycles. The SMILES string of the molecule is Cc1ccc(S(=O)(=O)OCC2CNC(O)CO2)cc1. The van der Waals surface area contributed by atoms with Crippen LogP contribution in [0.5, 0.6) is 0 Å². The minimum Gasteiger partial charge on any atom is -0.376 e. The van der Waals surface area contributed by atoms with Gasteiger partial charge in [-0.1, -0.05) is 17.7 Å². The summed E-state index contributed by atoms with van der Waals surface area (Å²) in [6.07, 6.45) is -1.09. The summed E-state index contributed by atoms with van der Waals surface area (Å²) in [6.45, 7) is 2.28. The number of aryl methyl sites for hydroxylation is 1. The summed E-state index contributed by atoms with van der Waals surface area (Å²) < 4.78 is 34.0. The Balaban J connectivity index is 1.92. The second kappa shape index (κ2) is 5.98. The molecule has 1 aromatic rings. The first-order chi connectivity index (χ1) is 8.97. The normalized spacial score (nSPS) is 24.3. The molecule has 19 heavy (non-hydrogen) atoms. The Morgan fingerprint density at radius 3 is 2.68 bits per heavy atom. The van der Waals surface area contributed by atoms with Crippen LogP contribution in [0.3, 0.4) is 0 Å². The molecule has 7 heteroatoms. The van der Waals surface area contributed by atoms with Gasteiger partial charge < -0.3 is 9.84 Å². The standard InChI is InChI=1S/C12H17NO5S/c1-9-2-4-11(5-3-9)19(15,16)18-7-10-6-13-12(14)8-17-10/h2-5,10,12-14H,6-8H2,1H3. The summed E-state index contributed by atoms with van der Waals surface area (Å²) in [5, 5.41) is 11.9. The van der Waals surface area contributed by atoms with Crippen molar-refractivity contribution in [2.24, 2.45) is 0 Å². The van der Waals surface area contributed by atoms with Crippen molar-refractivity contribution in [3.63, 3.8) is 0 Å². The fourth-order valence-electron chi connectivity index (χ4n) is 1.66. The third-order valence-electron chi connectivity index (χ3n) is 2.79. The Hall–Kier alpha value is -0.990. The average Bonchev–Trinajstić information content (AvgIpc) is 2.39. The van der Waals surface area contributed by atoms with Gasteiger partial charge in [0.1, 0.15) is 6.23 Å². The van der Waals surface area contributed by atoms with Crippen molar-refractivity contribution in [1.82, 2.24) is 5.32 Å². The van der Waals surface area contributed by atoms with E-state index in [0.717, 1.165) is 5.56 Å². The number of nitrogens with one attached hydrogen (secondary N) is 1. The van der Waals surface area contributed by atoms with Crippen molar-refractivity contribution in [2.75, 3.05) is 19.8 Å². The van der Waals surface area contributed by atoms with Crippen LogP contribution in [0.1, 0.15) is 5.56 Å². The third-order valence-corrected chi connectivity index (χ3v) is 4.09. The highest BCUT2D eigenvalue weighted by Gasteiger charge is 2.23. The van der Waals surface area contributed by atoms with Gasteiger partial charge >= 0.3 is 0 Å². The molecular weight excluding hydrogens is 270 g/mol. The maximum absolute atomic E-state index is 11.9. The first-order valence-corrected chi connectivity index (χ1v) is 7.37. The van der Waals surface area contributed by atoms with E-state index in [1.165, 1.54) is 12.1 Å². The highest BCUT2D eigenvalue weighted by molar-refractivity contribution is 7.86. The van der Waals surface area contributed by atoms with E-state index >= 15 is 0 Å². The first kappa shape index (κ1) is 14.4. The lowest BCUT2D eigenvalue weighted by molar-refractivity contribution is -0.0740. The first-order valence-electron chi connectivity index (χ1n) is 5.96. The molecule has 0 amide bonds. The molecule has 2 atom stereocenters. The molecule has 2 unspecified atom stereocenters. The van der Waals surface area contributed by atoms with Crippen LogP contribution in [-0.2, 0) is 19.0 Å². The lowest BCUT2D eigenvalue weighted by Gasteiger charge is -2.26. The average molecular weight is 287 g/mol. The van der Waals surface area contributed by atoms with Crippen molar-refractivity contribution in [1.29, 1.82) is 0 Å². The van der Waals surface area contributed by atoms with Gasteiger partial charge in [0.15, 0.2) is 0 Å². The lowest BCUT2D eigenvalue weighted by atomic mass is 10.2. The van der Waals surface area contributed by atoms with Crippen LogP contribution in [0.4, 0.5) is 0 Å². The quantitative estimate of drug-likeness (QED) is 0.759. The van der Waals surface area contributed by atoms with Gasteiger partial charge in [-0.2, -0.15) is 8.42 Å². The van der Waals surface area contributed by atoms with Gasteiger partial charge in [0.2, 0.25) is 0 Å². The van der Waals surface area contributed by atoms with Crippen LogP contribution in [0.25, 0.3) is 0 Å². The molecule has 1 saturated heterocycles. The number of hydrogen-bond acceptors (Lipinski definition) is 6. The highest BCUT2D eigenvalue weighted by atomic mass is 32.2. The molecule has 0 radical (unpaired) electrons. The van der Waals surface area contributed by atoms with Crippen LogP contribution < -0.4 is 5.32 Å². The number of ether oxygens (including phenoxy) is 1. The van der Waals surface area contributed by atoms with Crippen molar-refractivity contribution >= 4 is 10.1 Å². The molecule has 1 aromatic carbocycles. The minimum absolute atomic E-state index is 0.0735. The van der Waals surface area contributed by atoms with Gasteiger partial charge in [0.25, 0.3) is 10.1 Å². The Kier molecular flexibility index (Phi) is 4.54. The monoisotopic (exact) mass is 287 g/mol. The summed E-state index contributed by atoms with van der Waals surface area (Å²) >= 11 is 0. The van der Waals surface area contributed by atoms with E-state index in [2.05, 4.69) is 5.32 Å². The van der Waals surface area contributed by atoms with Crippen molar-refractivity contribution in [3.8, 4) is 0 Å². The predicted octanol–water partition coefficient (Wildman–Crippen LogP) is 0.00712. The number of morpholine rings is 1. The lowest BCUT2D eigenvalue weighted by Crippen LogP contribution is -2.48. The van der Waals surface area contributed by atoms with E-state index in [9.17, 15) is 8.42 Å². The molecule has 0 saturated carbocycles. The smallest absolute Gasteiger partial charge is 0.297 e. The van der Waals surface area contributed by atoms with Gasteiger partial charge in [0, 0.05) is 6.54 Å². The van der Waals surface area contributed by atoms with Crippen LogP contribution in [0.2, 0.25) is 0 Å². The fourth-order valence-corrected chi connectivity index (χ4v) is 2.59. The predicted molar refractivity (Wildman–Crippen MR) is 68.1 cm³/mol. The van der Waals surface area contributed by atoms with Crippen molar-refractivity contribution in [3.05, 3.63) is 29.8 Å². The van der Waals surface area contributed by atoms with E-state index in [4.69, 9.17) is 14.0 Å². The van der Waals surface area contributed by atoms with Gasteiger partial charge in [-0.25, -0.2) is 0 Å². The summed E-state index contributed by atoms with van der Waals surface area (Å²) in [7, 11) is -3.76. The fraction of sp³-hybridized carbons (Fsp3) is 0.500. The molecule has 6 nitrogen and oxygen atoms in total. The second-order valence-electron chi connectivity index (χ2n) is 4.43. The Morgan fingerprint density at radius 2 is 2.11 bits per heavy atom. The summed E-state index contributed by atoms with van der Waals surface area (Å²) in [5.74, 6) is 0. The number of aliphatic hydroxyl groups is 1. The Labute approximate surface area is 112 Å². The van der Waals surface area contributed by atoms with Crippen molar-refractivity contribution < 1.29 is 22.4 Å². The molecule has 0 bridgehead atoms. The molecule has 1 aliphatic heterocycles. The number of rotatable bonds is 4. The van der Waals surface area contributed by atoms with Crippen molar-refractivity contribution in [2.45, 2.75) is 24.2 Å². The number of hydrogen-bond donors (Lipinski definition) is 2. The molecule has 0 aromatic heterocycles. The minimum atomic E-state index is -3.76. The van der Waals surface area contributed by atoms with Gasteiger partial charge in [-0.15, -0.1) is 0 Å². The molecular formula is C12H17NO5S. The molecule has 1 fully saturated rings. The number of benzene rings is 1. The Morgan fingerprint density at radius 1 is 1.42 bits per heavy atom. The number of aliphatic hydroxyl groups excluding tert-OH is 1. The largest absolute Gasteiger partial charge is 0.376 e. The Bertz CT molecular complexity index is 505. The zero-order chi connectivity index (χ0) is 13.9. The molecule has 106 valence electrons. The highest BCUT2D eigenvalue weighted by Crippen LogP contribution is 2.14. The third kappa shape index (κ3) is 3.99. The molecule has 2 N–H and O–H groups in total. The molecule has 1 aliphatic rings. The summed E-state index contributed by atoms with van der Waals surface area (Å²) in [5.41, 5.74) is 0.979. The molecule has 0 spiro atoms.